The van der Waals surface area contributed by atoms with Crippen molar-refractivity contribution in [3.05, 3.63) is 23.4 Å². The van der Waals surface area contributed by atoms with Crippen molar-refractivity contribution < 1.29 is 4.79 Å². The summed E-state index contributed by atoms with van der Waals surface area (Å²) < 4.78 is 0. The van der Waals surface area contributed by atoms with Gasteiger partial charge in [0, 0.05) is 30.4 Å². The van der Waals surface area contributed by atoms with Crippen LogP contribution in [0.25, 0.3) is 0 Å². The van der Waals surface area contributed by atoms with E-state index >= 15 is 0 Å². The van der Waals surface area contributed by atoms with Gasteiger partial charge in [-0.25, -0.2) is 4.98 Å². The van der Waals surface area contributed by atoms with E-state index in [4.69, 9.17) is 0 Å². The molecule has 0 fully saturated rings. The maximum Gasteiger partial charge on any atom is 0.251 e. The average Bonchev–Trinajstić information content (AvgIpc) is 2.43. The molecule has 118 valence electrons. The normalized spacial score (nSPS) is 12.3. The highest BCUT2D eigenvalue weighted by molar-refractivity contribution is 5.95. The highest BCUT2D eigenvalue weighted by atomic mass is 16.1. The lowest BCUT2D eigenvalue weighted by atomic mass is 10.1. The molecule has 1 aromatic heterocycles. The van der Waals surface area contributed by atoms with E-state index in [1.54, 1.807) is 0 Å². The van der Waals surface area contributed by atoms with Crippen molar-refractivity contribution in [1.29, 1.82) is 0 Å². The minimum absolute atomic E-state index is 0.0407. The molecule has 21 heavy (non-hydrogen) atoms. The minimum Gasteiger partial charge on any atom is -0.370 e. The number of carbonyl (C=O) groups is 1. The molecule has 2 N–H and O–H groups in total. The zero-order valence-electron chi connectivity index (χ0n) is 13.9. The van der Waals surface area contributed by atoms with E-state index in [1.165, 1.54) is 0 Å². The van der Waals surface area contributed by atoms with Gasteiger partial charge in [0.2, 0.25) is 0 Å². The van der Waals surface area contributed by atoms with Gasteiger partial charge in [-0.05, 0) is 46.0 Å². The number of nitrogens with one attached hydrogen (secondary N) is 2. The highest BCUT2D eigenvalue weighted by Gasteiger charge is 2.12. The summed E-state index contributed by atoms with van der Waals surface area (Å²) in [6.45, 7) is 7.84. The molecule has 0 saturated carbocycles. The summed E-state index contributed by atoms with van der Waals surface area (Å²) in [6, 6.07) is 3.80. The lowest BCUT2D eigenvalue weighted by molar-refractivity contribution is 0.0934. The van der Waals surface area contributed by atoms with Crippen LogP contribution in [-0.2, 0) is 6.42 Å². The van der Waals surface area contributed by atoms with Gasteiger partial charge in [0.15, 0.2) is 0 Å². The van der Waals surface area contributed by atoms with Gasteiger partial charge in [-0.1, -0.05) is 13.8 Å². The van der Waals surface area contributed by atoms with Gasteiger partial charge in [0.25, 0.3) is 5.91 Å². The Balaban J connectivity index is 2.82. The van der Waals surface area contributed by atoms with Crippen molar-refractivity contribution in [1.82, 2.24) is 15.2 Å². The number of nitrogens with zero attached hydrogens (tertiary/aromatic N) is 2. The van der Waals surface area contributed by atoms with Gasteiger partial charge in [0.1, 0.15) is 5.82 Å². The van der Waals surface area contributed by atoms with Gasteiger partial charge in [-0.3, -0.25) is 4.79 Å². The van der Waals surface area contributed by atoms with Crippen LogP contribution in [0.4, 0.5) is 5.82 Å². The van der Waals surface area contributed by atoms with Gasteiger partial charge < -0.3 is 15.5 Å². The van der Waals surface area contributed by atoms with Crippen molar-refractivity contribution in [3.8, 4) is 0 Å². The van der Waals surface area contributed by atoms with Crippen LogP contribution >= 0.6 is 0 Å². The van der Waals surface area contributed by atoms with Crippen LogP contribution in [0.1, 0.15) is 43.2 Å². The summed E-state index contributed by atoms with van der Waals surface area (Å²) in [4.78, 5) is 18.9. The molecule has 0 aliphatic carbocycles. The minimum atomic E-state index is -0.0407. The Bertz CT molecular complexity index is 460. The number of anilines is 1. The molecular formula is C16H28N4O. The fourth-order valence-electron chi connectivity index (χ4n) is 2.14. The molecule has 0 aliphatic heterocycles. The van der Waals surface area contributed by atoms with Crippen molar-refractivity contribution in [2.24, 2.45) is 0 Å². The molecule has 0 bridgehead atoms. The predicted molar refractivity (Wildman–Crippen MR) is 87.9 cm³/mol. The van der Waals surface area contributed by atoms with E-state index in [9.17, 15) is 4.79 Å². The smallest absolute Gasteiger partial charge is 0.251 e. The SMILES string of the molecule is CCCNc1cc(C(=O)NC(C)CN(C)C)cc(CC)n1. The average molecular weight is 292 g/mol. The van der Waals surface area contributed by atoms with Crippen LogP contribution in [0.15, 0.2) is 12.1 Å². The Labute approximate surface area is 128 Å². The monoisotopic (exact) mass is 292 g/mol. The van der Waals surface area contributed by atoms with Crippen LogP contribution in [0.3, 0.4) is 0 Å². The second-order valence-corrected chi connectivity index (χ2v) is 5.65. The van der Waals surface area contributed by atoms with E-state index in [0.29, 0.717) is 5.56 Å². The van der Waals surface area contributed by atoms with E-state index in [1.807, 2.05) is 40.1 Å². The molecule has 5 nitrogen and oxygen atoms in total. The van der Waals surface area contributed by atoms with E-state index in [2.05, 4.69) is 27.4 Å². The summed E-state index contributed by atoms with van der Waals surface area (Å²) in [5.41, 5.74) is 1.60. The first-order chi connectivity index (χ1) is 9.96. The fourth-order valence-corrected chi connectivity index (χ4v) is 2.14. The molecule has 0 aromatic carbocycles. The van der Waals surface area contributed by atoms with Crippen molar-refractivity contribution in [3.63, 3.8) is 0 Å². The van der Waals surface area contributed by atoms with E-state index in [-0.39, 0.29) is 11.9 Å². The molecule has 1 rings (SSSR count). The molecule has 1 heterocycles. The number of pyridine rings is 1. The quantitative estimate of drug-likeness (QED) is 0.771. The van der Waals surface area contributed by atoms with E-state index < -0.39 is 0 Å². The summed E-state index contributed by atoms with van der Waals surface area (Å²) in [7, 11) is 3.99. The zero-order chi connectivity index (χ0) is 15.8. The number of rotatable bonds is 8. The number of amides is 1. The zero-order valence-corrected chi connectivity index (χ0v) is 13.9. The number of likely N-dealkylation sites (N-methyl/N-ethyl adjacent to an activating group) is 1. The number of aromatic nitrogens is 1. The first kappa shape index (κ1) is 17.4. The second kappa shape index (κ2) is 8.62. The number of aryl methyl sites for hydroxylation is 1. The molecule has 1 atom stereocenters. The highest BCUT2D eigenvalue weighted by Crippen LogP contribution is 2.12. The fraction of sp³-hybridized carbons (Fsp3) is 0.625. The molecule has 0 spiro atoms. The van der Waals surface area contributed by atoms with Crippen LogP contribution < -0.4 is 10.6 Å². The van der Waals surface area contributed by atoms with Crippen molar-refractivity contribution in [2.75, 3.05) is 32.5 Å². The molecule has 5 heteroatoms. The van der Waals surface area contributed by atoms with Crippen LogP contribution in [-0.4, -0.2) is 49.0 Å². The Morgan fingerprint density at radius 3 is 2.62 bits per heavy atom. The third-order valence-corrected chi connectivity index (χ3v) is 3.08. The molecular weight excluding hydrogens is 264 g/mol. The molecule has 1 unspecified atom stereocenters. The molecule has 1 aromatic rings. The van der Waals surface area contributed by atoms with Crippen LogP contribution in [0.5, 0.6) is 0 Å². The van der Waals surface area contributed by atoms with Gasteiger partial charge in [0.05, 0.1) is 0 Å². The summed E-state index contributed by atoms with van der Waals surface area (Å²) in [6.07, 6.45) is 1.84. The summed E-state index contributed by atoms with van der Waals surface area (Å²) in [5.74, 6) is 0.739. The molecule has 0 aliphatic rings. The molecule has 1 amide bonds. The van der Waals surface area contributed by atoms with E-state index in [0.717, 1.165) is 37.4 Å². The summed E-state index contributed by atoms with van der Waals surface area (Å²) in [5, 5.41) is 6.28. The number of carbonyl (C=O) groups excluding carboxylic acids is 1. The maximum atomic E-state index is 12.3. The first-order valence-corrected chi connectivity index (χ1v) is 7.66. The number of hydrogen-bond acceptors (Lipinski definition) is 4. The first-order valence-electron chi connectivity index (χ1n) is 7.66. The second-order valence-electron chi connectivity index (χ2n) is 5.65. The largest absolute Gasteiger partial charge is 0.370 e. The predicted octanol–water partition coefficient (Wildman–Crippen LogP) is 2.15. The van der Waals surface area contributed by atoms with Crippen molar-refractivity contribution in [2.45, 2.75) is 39.7 Å². The van der Waals surface area contributed by atoms with Gasteiger partial charge in [-0.2, -0.15) is 0 Å². The lowest BCUT2D eigenvalue weighted by Gasteiger charge is -2.18. The topological polar surface area (TPSA) is 57.3 Å². The van der Waals surface area contributed by atoms with Crippen molar-refractivity contribution >= 4 is 11.7 Å². The van der Waals surface area contributed by atoms with Crippen LogP contribution in [0.2, 0.25) is 0 Å². The Morgan fingerprint density at radius 2 is 2.05 bits per heavy atom. The number of hydrogen-bond donors (Lipinski definition) is 2. The molecule has 0 saturated heterocycles. The standard InChI is InChI=1S/C16H28N4O/c1-6-8-17-15-10-13(9-14(7-2)19-15)16(21)18-12(3)11-20(4)5/h9-10,12H,6-8,11H2,1-5H3,(H,17,19)(H,18,21). The Kier molecular flexibility index (Phi) is 7.15. The summed E-state index contributed by atoms with van der Waals surface area (Å²) >= 11 is 0. The Morgan fingerprint density at radius 1 is 1.33 bits per heavy atom. The Hall–Kier alpha value is -1.62. The lowest BCUT2D eigenvalue weighted by Crippen LogP contribution is -2.39. The third-order valence-electron chi connectivity index (χ3n) is 3.08. The molecule has 0 radical (unpaired) electrons. The third kappa shape index (κ3) is 6.12. The maximum absolute atomic E-state index is 12.3. The van der Waals surface area contributed by atoms with Gasteiger partial charge in [-0.15, -0.1) is 0 Å². The van der Waals surface area contributed by atoms with Gasteiger partial charge >= 0.3 is 0 Å². The van der Waals surface area contributed by atoms with Crippen LogP contribution in [0, 0.1) is 0 Å².